The molecule has 0 saturated heterocycles. The van der Waals surface area contributed by atoms with Crippen LogP contribution in [0.3, 0.4) is 0 Å². The molecule has 5 nitrogen and oxygen atoms in total. The summed E-state index contributed by atoms with van der Waals surface area (Å²) < 4.78 is 27.9. The van der Waals surface area contributed by atoms with E-state index in [1.165, 1.54) is 23.2 Å². The monoisotopic (exact) mass is 287 g/mol. The number of hydrazine groups is 1. The molecule has 0 amide bonds. The summed E-state index contributed by atoms with van der Waals surface area (Å²) >= 11 is 5.88. The highest BCUT2D eigenvalue weighted by Gasteiger charge is 2.31. The molecule has 0 radical (unpaired) electrons. The minimum atomic E-state index is -3.69. The van der Waals surface area contributed by atoms with Gasteiger partial charge < -0.3 is 0 Å². The van der Waals surface area contributed by atoms with Crippen LogP contribution in [-0.2, 0) is 10.0 Å². The Hall–Kier alpha value is -1.11. The first-order chi connectivity index (χ1) is 8.36. The lowest BCUT2D eigenvalue weighted by molar-refractivity contribution is 0.594. The number of rotatable bonds is 2. The Morgan fingerprint density at radius 1 is 1.50 bits per heavy atom. The number of amidine groups is 1. The van der Waals surface area contributed by atoms with Crippen molar-refractivity contribution >= 4 is 33.1 Å². The maximum absolute atomic E-state index is 12.0. The Morgan fingerprint density at radius 3 is 2.78 bits per heavy atom. The third-order valence-corrected chi connectivity index (χ3v) is 4.54. The number of hydrogen-bond acceptors (Lipinski definition) is 4. The molecule has 0 bridgehead atoms. The van der Waals surface area contributed by atoms with Gasteiger partial charge in [0.15, 0.2) is 0 Å². The lowest BCUT2D eigenvalue weighted by atomic mass is 10.1. The van der Waals surface area contributed by atoms with E-state index in [4.69, 9.17) is 17.4 Å². The minimum Gasteiger partial charge on any atom is -0.263 e. The van der Waals surface area contributed by atoms with Gasteiger partial charge in [0.1, 0.15) is 10.7 Å². The van der Waals surface area contributed by atoms with Crippen molar-refractivity contribution in [1.29, 1.82) is 0 Å². The van der Waals surface area contributed by atoms with E-state index in [2.05, 4.69) is 4.40 Å². The average Bonchev–Trinajstić information content (AvgIpc) is 2.32. The molecule has 2 N–H and O–H groups in total. The third-order valence-electron chi connectivity index (χ3n) is 2.97. The van der Waals surface area contributed by atoms with Crippen LogP contribution in [0.4, 0.5) is 5.69 Å². The fourth-order valence-corrected chi connectivity index (χ4v) is 3.19. The molecule has 1 atom stereocenters. The zero-order valence-corrected chi connectivity index (χ0v) is 11.7. The van der Waals surface area contributed by atoms with E-state index < -0.39 is 10.0 Å². The lowest BCUT2D eigenvalue weighted by Crippen LogP contribution is -2.44. The molecule has 98 valence electrons. The van der Waals surface area contributed by atoms with Gasteiger partial charge in [0.25, 0.3) is 10.0 Å². The van der Waals surface area contributed by atoms with E-state index in [9.17, 15) is 8.42 Å². The van der Waals surface area contributed by atoms with Gasteiger partial charge >= 0.3 is 0 Å². The Kier molecular flexibility index (Phi) is 3.35. The minimum absolute atomic E-state index is 0.0445. The van der Waals surface area contributed by atoms with Crippen LogP contribution >= 0.6 is 11.6 Å². The summed E-state index contributed by atoms with van der Waals surface area (Å²) in [7, 11) is -3.69. The molecule has 1 aromatic rings. The number of benzene rings is 1. The van der Waals surface area contributed by atoms with E-state index in [0.29, 0.717) is 16.5 Å². The molecule has 1 aliphatic heterocycles. The topological polar surface area (TPSA) is 75.8 Å². The SMILES string of the molecule is CCC(C)C1=NS(=O)(=O)c2ccc(Cl)cc2N1N. The van der Waals surface area contributed by atoms with E-state index in [0.717, 1.165) is 6.42 Å². The molecule has 0 spiro atoms. The molecule has 1 aliphatic rings. The highest BCUT2D eigenvalue weighted by molar-refractivity contribution is 7.90. The van der Waals surface area contributed by atoms with Gasteiger partial charge in [-0.3, -0.25) is 5.01 Å². The van der Waals surface area contributed by atoms with Crippen molar-refractivity contribution in [2.75, 3.05) is 5.01 Å². The Labute approximate surface area is 111 Å². The van der Waals surface area contributed by atoms with Crippen LogP contribution in [0.2, 0.25) is 5.02 Å². The van der Waals surface area contributed by atoms with Crippen LogP contribution < -0.4 is 10.9 Å². The summed E-state index contributed by atoms with van der Waals surface area (Å²) in [5, 5.41) is 1.74. The third kappa shape index (κ3) is 2.11. The Balaban J connectivity index is 2.65. The van der Waals surface area contributed by atoms with Crippen LogP contribution in [0, 0.1) is 5.92 Å². The zero-order chi connectivity index (χ0) is 13.5. The summed E-state index contributed by atoms with van der Waals surface area (Å²) in [4.78, 5) is 0.0847. The molecule has 0 aromatic heterocycles. The van der Waals surface area contributed by atoms with E-state index in [1.807, 2.05) is 13.8 Å². The Bertz CT molecular complexity index is 613. The molecule has 1 heterocycles. The zero-order valence-electron chi connectivity index (χ0n) is 10.1. The first-order valence-electron chi connectivity index (χ1n) is 5.56. The maximum Gasteiger partial charge on any atom is 0.286 e. The number of fused-ring (bicyclic) bond motifs is 1. The van der Waals surface area contributed by atoms with Gasteiger partial charge in [-0.05, 0) is 24.6 Å². The van der Waals surface area contributed by atoms with Gasteiger partial charge in [0.05, 0.1) is 5.69 Å². The van der Waals surface area contributed by atoms with Crippen LogP contribution in [0.1, 0.15) is 20.3 Å². The van der Waals surface area contributed by atoms with Gasteiger partial charge in [-0.2, -0.15) is 8.42 Å². The van der Waals surface area contributed by atoms with Gasteiger partial charge in [-0.1, -0.05) is 25.4 Å². The molecular weight excluding hydrogens is 274 g/mol. The van der Waals surface area contributed by atoms with E-state index >= 15 is 0 Å². The molecule has 1 unspecified atom stereocenters. The number of nitrogens with zero attached hydrogens (tertiary/aromatic N) is 2. The molecule has 18 heavy (non-hydrogen) atoms. The van der Waals surface area contributed by atoms with Crippen molar-refractivity contribution in [1.82, 2.24) is 0 Å². The van der Waals surface area contributed by atoms with Gasteiger partial charge in [0, 0.05) is 10.9 Å². The molecular formula is C11H14ClN3O2S. The van der Waals surface area contributed by atoms with Crippen molar-refractivity contribution < 1.29 is 8.42 Å². The summed E-state index contributed by atoms with van der Waals surface area (Å²) in [6.07, 6.45) is 0.748. The summed E-state index contributed by atoms with van der Waals surface area (Å²) in [6.45, 7) is 3.82. The van der Waals surface area contributed by atoms with Crippen LogP contribution in [0.5, 0.6) is 0 Å². The first-order valence-corrected chi connectivity index (χ1v) is 7.38. The first kappa shape index (κ1) is 13.3. The van der Waals surface area contributed by atoms with Crippen molar-refractivity contribution in [3.63, 3.8) is 0 Å². The largest absolute Gasteiger partial charge is 0.286 e. The van der Waals surface area contributed by atoms with E-state index in [1.54, 1.807) is 0 Å². The predicted octanol–water partition coefficient (Wildman–Crippen LogP) is 2.17. The van der Waals surface area contributed by atoms with Crippen molar-refractivity contribution in [3.8, 4) is 0 Å². The maximum atomic E-state index is 12.0. The predicted molar refractivity (Wildman–Crippen MR) is 72.2 cm³/mol. The highest BCUT2D eigenvalue weighted by atomic mass is 35.5. The normalized spacial score (nSPS) is 19.1. The smallest absolute Gasteiger partial charge is 0.263 e. The van der Waals surface area contributed by atoms with Gasteiger partial charge in [-0.25, -0.2) is 5.84 Å². The second-order valence-corrected chi connectivity index (χ2v) is 6.22. The second-order valence-electron chi connectivity index (χ2n) is 4.22. The fraction of sp³-hybridized carbons (Fsp3) is 0.364. The highest BCUT2D eigenvalue weighted by Crippen LogP contribution is 2.33. The number of hydrogen-bond donors (Lipinski definition) is 1. The molecule has 1 aromatic carbocycles. The standard InChI is InChI=1S/C11H14ClN3O2S/c1-3-7(2)11-14-18(16,17)10-5-4-8(12)6-9(10)15(11)13/h4-7H,3,13H2,1-2H3. The molecule has 0 fully saturated rings. The summed E-state index contributed by atoms with van der Waals surface area (Å²) in [5.41, 5.74) is 0.368. The average molecular weight is 288 g/mol. The van der Waals surface area contributed by atoms with Crippen molar-refractivity contribution in [2.24, 2.45) is 16.2 Å². The molecule has 2 rings (SSSR count). The van der Waals surface area contributed by atoms with Crippen LogP contribution in [0.25, 0.3) is 0 Å². The fourth-order valence-electron chi connectivity index (χ4n) is 1.75. The number of sulfonamides is 1. The quantitative estimate of drug-likeness (QED) is 0.846. The number of anilines is 1. The van der Waals surface area contributed by atoms with Crippen molar-refractivity contribution in [2.45, 2.75) is 25.2 Å². The van der Waals surface area contributed by atoms with Gasteiger partial charge in [0.2, 0.25) is 0 Å². The van der Waals surface area contributed by atoms with E-state index in [-0.39, 0.29) is 10.8 Å². The van der Waals surface area contributed by atoms with Gasteiger partial charge in [-0.15, -0.1) is 4.40 Å². The van der Waals surface area contributed by atoms with Crippen LogP contribution in [0.15, 0.2) is 27.5 Å². The lowest BCUT2D eigenvalue weighted by Gasteiger charge is -2.29. The molecule has 0 saturated carbocycles. The number of nitrogens with two attached hydrogens (primary N) is 1. The van der Waals surface area contributed by atoms with Crippen molar-refractivity contribution in [3.05, 3.63) is 23.2 Å². The van der Waals surface area contributed by atoms with Crippen LogP contribution in [-0.4, -0.2) is 14.3 Å². The summed E-state index contributed by atoms with van der Waals surface area (Å²) in [6, 6.07) is 4.46. The number of halogens is 1. The molecule has 7 heteroatoms. The summed E-state index contributed by atoms with van der Waals surface area (Å²) in [5.74, 6) is 6.23. The molecule has 0 aliphatic carbocycles. The Morgan fingerprint density at radius 2 is 2.17 bits per heavy atom. The second kappa shape index (κ2) is 4.53.